The van der Waals surface area contributed by atoms with E-state index in [4.69, 9.17) is 30.5 Å². The van der Waals surface area contributed by atoms with E-state index >= 15 is 0 Å². The molecule has 0 aromatic heterocycles. The molecule has 4 rings (SSSR count). The zero-order valence-corrected chi connectivity index (χ0v) is 23.8. The summed E-state index contributed by atoms with van der Waals surface area (Å²) in [6.45, 7) is -0.195. The molecule has 210 valence electrons. The Kier molecular flexibility index (Phi) is 9.23. The summed E-state index contributed by atoms with van der Waals surface area (Å²) in [5.41, 5.74) is 0.104. The number of amides is 1. The third-order valence-electron chi connectivity index (χ3n) is 6.05. The summed E-state index contributed by atoms with van der Waals surface area (Å²) in [7, 11) is -0.0326. The number of hydrogen-bond donors (Lipinski definition) is 1. The van der Waals surface area contributed by atoms with Gasteiger partial charge in [0.05, 0.1) is 38.5 Å². The van der Waals surface area contributed by atoms with E-state index in [1.165, 1.54) is 51.7 Å². The van der Waals surface area contributed by atoms with Crippen molar-refractivity contribution in [3.05, 3.63) is 83.9 Å². The lowest BCUT2D eigenvalue weighted by Gasteiger charge is -2.26. The molecule has 0 aliphatic rings. The smallest absolute Gasteiger partial charge is 0.265 e. The Hall–Kier alpha value is -4.15. The molecule has 0 saturated carbocycles. The van der Waals surface area contributed by atoms with Crippen molar-refractivity contribution in [3.63, 3.8) is 0 Å². The molecule has 0 heterocycles. The van der Waals surface area contributed by atoms with Gasteiger partial charge in [0.1, 0.15) is 24.7 Å². The highest BCUT2D eigenvalue weighted by Gasteiger charge is 2.30. The Morgan fingerprint density at radius 1 is 0.825 bits per heavy atom. The second-order valence-electron chi connectivity index (χ2n) is 8.55. The first-order valence-electron chi connectivity index (χ1n) is 12.2. The average Bonchev–Trinajstić information content (AvgIpc) is 2.97. The van der Waals surface area contributed by atoms with E-state index in [0.29, 0.717) is 11.5 Å². The topological polar surface area (TPSA) is 103 Å². The summed E-state index contributed by atoms with van der Waals surface area (Å²) in [5.74, 6) is 0.915. The highest BCUT2D eigenvalue weighted by molar-refractivity contribution is 7.92. The Morgan fingerprint density at radius 2 is 1.52 bits per heavy atom. The predicted molar refractivity (Wildman–Crippen MR) is 155 cm³/mol. The average molecular weight is 585 g/mol. The van der Waals surface area contributed by atoms with Crippen molar-refractivity contribution >= 4 is 44.0 Å². The first-order chi connectivity index (χ1) is 19.3. The van der Waals surface area contributed by atoms with Gasteiger partial charge in [0.2, 0.25) is 5.91 Å². The zero-order chi connectivity index (χ0) is 28.7. The van der Waals surface area contributed by atoms with Crippen LogP contribution in [-0.4, -0.2) is 55.4 Å². The summed E-state index contributed by atoms with van der Waals surface area (Å²) in [5, 5.41) is 5.12. The summed E-state index contributed by atoms with van der Waals surface area (Å²) >= 11 is 6.20. The molecule has 0 bridgehead atoms. The summed E-state index contributed by atoms with van der Waals surface area (Å²) < 4.78 is 50.4. The van der Waals surface area contributed by atoms with Crippen LogP contribution in [0.3, 0.4) is 0 Å². The molecular weight excluding hydrogens is 556 g/mol. The standard InChI is InChI=1S/C29H29ClN2O7S/c1-36-26-12-9-22(30)17-25(26)32(40(34,35)24-11-13-27(37-2)28(18-24)38-3)19-29(33)31-14-15-39-23-10-8-20-6-4-5-7-21(20)16-23/h4-13,16-18H,14-15,19H2,1-3H3,(H,31,33). The Bertz CT molecular complexity index is 1610. The molecule has 0 unspecified atom stereocenters. The van der Waals surface area contributed by atoms with Gasteiger partial charge in [-0.05, 0) is 53.2 Å². The van der Waals surface area contributed by atoms with E-state index in [-0.39, 0.29) is 40.3 Å². The molecule has 0 radical (unpaired) electrons. The van der Waals surface area contributed by atoms with E-state index in [1.54, 1.807) is 6.07 Å². The van der Waals surface area contributed by atoms with Gasteiger partial charge >= 0.3 is 0 Å². The lowest BCUT2D eigenvalue weighted by molar-refractivity contribution is -0.119. The number of halogens is 1. The first kappa shape index (κ1) is 28.8. The minimum atomic E-state index is -4.28. The number of benzene rings is 4. The maximum Gasteiger partial charge on any atom is 0.265 e. The third-order valence-corrected chi connectivity index (χ3v) is 8.04. The van der Waals surface area contributed by atoms with Crippen LogP contribution in [0.4, 0.5) is 5.69 Å². The molecule has 9 nitrogen and oxygen atoms in total. The van der Waals surface area contributed by atoms with Crippen molar-refractivity contribution in [2.45, 2.75) is 4.90 Å². The number of methoxy groups -OCH3 is 3. The normalized spacial score (nSPS) is 11.1. The SMILES string of the molecule is COc1ccc(S(=O)(=O)N(CC(=O)NCCOc2ccc3ccccc3c2)c2cc(Cl)ccc2OC)cc1OC. The monoisotopic (exact) mass is 584 g/mol. The van der Waals surface area contributed by atoms with E-state index in [2.05, 4.69) is 5.32 Å². The van der Waals surface area contributed by atoms with Gasteiger partial charge in [0.15, 0.2) is 11.5 Å². The van der Waals surface area contributed by atoms with Gasteiger partial charge < -0.3 is 24.3 Å². The van der Waals surface area contributed by atoms with Crippen LogP contribution >= 0.6 is 11.6 Å². The Morgan fingerprint density at radius 3 is 2.25 bits per heavy atom. The van der Waals surface area contributed by atoms with Crippen LogP contribution in [0.15, 0.2) is 83.8 Å². The minimum Gasteiger partial charge on any atom is -0.495 e. The van der Waals surface area contributed by atoms with Gasteiger partial charge in [-0.2, -0.15) is 0 Å². The second-order valence-corrected chi connectivity index (χ2v) is 10.9. The van der Waals surface area contributed by atoms with Crippen LogP contribution in [0.5, 0.6) is 23.0 Å². The maximum absolute atomic E-state index is 13.9. The fourth-order valence-corrected chi connectivity index (χ4v) is 5.67. The predicted octanol–water partition coefficient (Wildman–Crippen LogP) is 4.91. The number of carbonyl (C=O) groups excluding carboxylic acids is 1. The van der Waals surface area contributed by atoms with Gasteiger partial charge in [0, 0.05) is 11.1 Å². The van der Waals surface area contributed by atoms with E-state index in [9.17, 15) is 13.2 Å². The summed E-state index contributed by atoms with van der Waals surface area (Å²) in [4.78, 5) is 12.9. The molecule has 40 heavy (non-hydrogen) atoms. The van der Waals surface area contributed by atoms with Crippen molar-refractivity contribution in [3.8, 4) is 23.0 Å². The summed E-state index contributed by atoms with van der Waals surface area (Å²) in [6.07, 6.45) is 0. The first-order valence-corrected chi connectivity index (χ1v) is 14.0. The molecule has 4 aromatic rings. The number of carbonyl (C=O) groups is 1. The number of nitrogens with one attached hydrogen (secondary N) is 1. The van der Waals surface area contributed by atoms with E-state index < -0.39 is 22.5 Å². The summed E-state index contributed by atoms with van der Waals surface area (Å²) in [6, 6.07) is 22.3. The fourth-order valence-electron chi connectivity index (χ4n) is 4.06. The molecule has 0 fully saturated rings. The molecule has 1 amide bonds. The Labute approximate surface area is 238 Å². The largest absolute Gasteiger partial charge is 0.495 e. The van der Waals surface area contributed by atoms with Gasteiger partial charge in [-0.1, -0.05) is 41.9 Å². The van der Waals surface area contributed by atoms with Crippen LogP contribution < -0.4 is 28.6 Å². The van der Waals surface area contributed by atoms with Crippen LogP contribution in [-0.2, 0) is 14.8 Å². The molecule has 4 aromatic carbocycles. The highest BCUT2D eigenvalue weighted by Crippen LogP contribution is 2.37. The molecule has 0 atom stereocenters. The van der Waals surface area contributed by atoms with Gasteiger partial charge in [-0.3, -0.25) is 9.10 Å². The maximum atomic E-state index is 13.9. The second kappa shape index (κ2) is 12.8. The quantitative estimate of drug-likeness (QED) is 0.236. The Balaban J connectivity index is 1.53. The number of fused-ring (bicyclic) bond motifs is 1. The van der Waals surface area contributed by atoms with Crippen molar-refractivity contribution in [2.75, 3.05) is 45.3 Å². The molecule has 0 aliphatic carbocycles. The van der Waals surface area contributed by atoms with Crippen molar-refractivity contribution in [2.24, 2.45) is 0 Å². The molecule has 0 spiro atoms. The molecule has 1 N–H and O–H groups in total. The van der Waals surface area contributed by atoms with Crippen LogP contribution in [0, 0.1) is 0 Å². The number of sulfonamides is 1. The van der Waals surface area contributed by atoms with Crippen molar-refractivity contribution in [1.82, 2.24) is 5.32 Å². The van der Waals surface area contributed by atoms with E-state index in [0.717, 1.165) is 15.1 Å². The number of nitrogens with zero attached hydrogens (tertiary/aromatic N) is 1. The number of ether oxygens (including phenoxy) is 4. The van der Waals surface area contributed by atoms with Crippen LogP contribution in [0.1, 0.15) is 0 Å². The van der Waals surface area contributed by atoms with Crippen molar-refractivity contribution < 1.29 is 32.2 Å². The molecule has 11 heteroatoms. The number of anilines is 1. The van der Waals surface area contributed by atoms with Crippen molar-refractivity contribution in [1.29, 1.82) is 0 Å². The lowest BCUT2D eigenvalue weighted by atomic mass is 10.1. The zero-order valence-electron chi connectivity index (χ0n) is 22.2. The van der Waals surface area contributed by atoms with Gasteiger partial charge in [-0.15, -0.1) is 0 Å². The van der Waals surface area contributed by atoms with Gasteiger partial charge in [-0.25, -0.2) is 8.42 Å². The van der Waals surface area contributed by atoms with Crippen LogP contribution in [0.25, 0.3) is 10.8 Å². The number of hydrogen-bond acceptors (Lipinski definition) is 7. The van der Waals surface area contributed by atoms with E-state index in [1.807, 2.05) is 42.5 Å². The molecule has 0 saturated heterocycles. The molecule has 0 aliphatic heterocycles. The third kappa shape index (κ3) is 6.52. The number of rotatable bonds is 12. The fraction of sp³-hybridized carbons (Fsp3) is 0.207. The lowest BCUT2D eigenvalue weighted by Crippen LogP contribution is -2.42. The van der Waals surface area contributed by atoms with Gasteiger partial charge in [0.25, 0.3) is 10.0 Å². The minimum absolute atomic E-state index is 0.104. The van der Waals surface area contributed by atoms with Crippen LogP contribution in [0.2, 0.25) is 5.02 Å². The molecular formula is C29H29ClN2O7S. The highest BCUT2D eigenvalue weighted by atomic mass is 35.5.